The molecule has 3 aromatic heterocycles. The Morgan fingerprint density at radius 2 is 2.11 bits per heavy atom. The minimum Gasteiger partial charge on any atom is -0.390 e. The summed E-state index contributed by atoms with van der Waals surface area (Å²) in [6.07, 6.45) is -0.0782. The molecule has 35 heavy (non-hydrogen) atoms. The summed E-state index contributed by atoms with van der Waals surface area (Å²) >= 11 is 8.05. The van der Waals surface area contributed by atoms with E-state index in [0.717, 1.165) is 16.0 Å². The predicted molar refractivity (Wildman–Crippen MR) is 135 cm³/mol. The van der Waals surface area contributed by atoms with Gasteiger partial charge in [-0.3, -0.25) is 14.2 Å². The second kappa shape index (κ2) is 8.34. The zero-order chi connectivity index (χ0) is 24.3. The van der Waals surface area contributed by atoms with E-state index in [0.29, 0.717) is 44.7 Å². The number of hydrogen-bond acceptors (Lipinski definition) is 6. The van der Waals surface area contributed by atoms with Crippen molar-refractivity contribution in [1.82, 2.24) is 15.0 Å². The molecule has 1 aliphatic rings. The van der Waals surface area contributed by atoms with Crippen LogP contribution in [-0.2, 0) is 17.6 Å². The zero-order valence-corrected chi connectivity index (χ0v) is 20.2. The Hall–Kier alpha value is -3.46. The number of nitrogens with one attached hydrogen (secondary N) is 1. The van der Waals surface area contributed by atoms with Gasteiger partial charge in [0.2, 0.25) is 5.91 Å². The van der Waals surface area contributed by atoms with Crippen LogP contribution in [0.4, 0.5) is 0 Å². The summed E-state index contributed by atoms with van der Waals surface area (Å²) in [4.78, 5) is 27.3. The molecule has 0 radical (unpaired) electrons. The van der Waals surface area contributed by atoms with Crippen molar-refractivity contribution in [1.29, 1.82) is 0 Å². The van der Waals surface area contributed by atoms with Crippen LogP contribution in [0.25, 0.3) is 27.5 Å². The number of aliphatic hydroxyl groups excluding tert-OH is 1. The average molecular weight is 506 g/mol. The standard InChI is InChI=1S/C26H20ClN3O4S/c1-13-22-25(29-34-13)23-18(27)5-2-6-19(23)30(26(22)33)15-8-7-14-10-20(31)24(17(14)11-15)28-21(32)12-16-4-3-9-35-16/h2-9,11,20,24,31H,10,12H2,1H3,(H,28,32). The van der Waals surface area contributed by atoms with Crippen molar-refractivity contribution < 1.29 is 14.4 Å². The van der Waals surface area contributed by atoms with Gasteiger partial charge in [-0.1, -0.05) is 35.0 Å². The highest BCUT2D eigenvalue weighted by Crippen LogP contribution is 2.35. The van der Waals surface area contributed by atoms with Crippen LogP contribution in [0.3, 0.4) is 0 Å². The molecule has 0 fully saturated rings. The molecule has 2 aromatic carbocycles. The number of amides is 1. The molecule has 1 amide bonds. The van der Waals surface area contributed by atoms with Crippen LogP contribution in [0.15, 0.2) is 63.2 Å². The van der Waals surface area contributed by atoms with E-state index in [-0.39, 0.29) is 17.9 Å². The quantitative estimate of drug-likeness (QED) is 0.375. The summed E-state index contributed by atoms with van der Waals surface area (Å²) in [5.41, 5.74) is 3.08. The van der Waals surface area contributed by atoms with Gasteiger partial charge >= 0.3 is 0 Å². The number of hydrogen-bond donors (Lipinski definition) is 2. The van der Waals surface area contributed by atoms with E-state index in [2.05, 4.69) is 10.5 Å². The maximum Gasteiger partial charge on any atom is 0.268 e. The van der Waals surface area contributed by atoms with Gasteiger partial charge in [-0.2, -0.15) is 0 Å². The Morgan fingerprint density at radius 1 is 1.26 bits per heavy atom. The van der Waals surface area contributed by atoms with Gasteiger partial charge in [-0.15, -0.1) is 11.3 Å². The molecular weight excluding hydrogens is 486 g/mol. The zero-order valence-electron chi connectivity index (χ0n) is 18.6. The normalized spacial score (nSPS) is 17.2. The first-order valence-electron chi connectivity index (χ1n) is 11.1. The van der Waals surface area contributed by atoms with E-state index >= 15 is 0 Å². The average Bonchev–Trinajstić information content (AvgIpc) is 3.54. The van der Waals surface area contributed by atoms with Crippen LogP contribution in [0.2, 0.25) is 5.02 Å². The number of carbonyl (C=O) groups is 1. The Labute approximate surface area is 208 Å². The summed E-state index contributed by atoms with van der Waals surface area (Å²) in [5.74, 6) is 0.251. The van der Waals surface area contributed by atoms with E-state index in [1.54, 1.807) is 23.6 Å². The molecule has 5 aromatic rings. The van der Waals surface area contributed by atoms with Gasteiger partial charge in [-0.05, 0) is 53.8 Å². The lowest BCUT2D eigenvalue weighted by atomic mass is 10.0. The maximum absolute atomic E-state index is 13.6. The number of carbonyl (C=O) groups excluding carboxylic acids is 1. The second-order valence-electron chi connectivity index (χ2n) is 8.69. The number of pyridine rings is 1. The highest BCUT2D eigenvalue weighted by Gasteiger charge is 2.33. The van der Waals surface area contributed by atoms with Crippen molar-refractivity contribution in [2.75, 3.05) is 0 Å². The van der Waals surface area contributed by atoms with Gasteiger partial charge in [0.05, 0.1) is 29.1 Å². The van der Waals surface area contributed by atoms with Crippen LogP contribution in [-0.4, -0.2) is 26.8 Å². The topological polar surface area (TPSA) is 97.4 Å². The highest BCUT2D eigenvalue weighted by atomic mass is 35.5. The highest BCUT2D eigenvalue weighted by molar-refractivity contribution is 7.10. The molecule has 0 aliphatic heterocycles. The Bertz CT molecular complexity index is 1670. The first-order chi connectivity index (χ1) is 16.9. The molecule has 9 heteroatoms. The number of nitrogens with zero attached hydrogens (tertiary/aromatic N) is 2. The van der Waals surface area contributed by atoms with E-state index in [1.807, 2.05) is 41.8 Å². The fourth-order valence-corrected chi connectivity index (χ4v) is 5.89. The largest absolute Gasteiger partial charge is 0.390 e. The third-order valence-corrected chi connectivity index (χ3v) is 7.71. The molecule has 0 saturated heterocycles. The van der Waals surface area contributed by atoms with Gasteiger partial charge in [0.25, 0.3) is 5.56 Å². The van der Waals surface area contributed by atoms with Crippen molar-refractivity contribution in [3.05, 3.63) is 91.1 Å². The minimum absolute atomic E-state index is 0.161. The van der Waals surface area contributed by atoms with Gasteiger partial charge < -0.3 is 14.9 Å². The Morgan fingerprint density at radius 3 is 2.91 bits per heavy atom. The van der Waals surface area contributed by atoms with Crippen molar-refractivity contribution in [3.63, 3.8) is 0 Å². The molecule has 176 valence electrons. The predicted octanol–water partition coefficient (Wildman–Crippen LogP) is 4.47. The smallest absolute Gasteiger partial charge is 0.268 e. The van der Waals surface area contributed by atoms with Crippen molar-refractivity contribution in [2.45, 2.75) is 31.9 Å². The lowest BCUT2D eigenvalue weighted by Crippen LogP contribution is -2.34. The summed E-state index contributed by atoms with van der Waals surface area (Å²) in [7, 11) is 0. The molecule has 2 atom stereocenters. The van der Waals surface area contributed by atoms with Gasteiger partial charge in [0.1, 0.15) is 16.7 Å². The van der Waals surface area contributed by atoms with E-state index in [4.69, 9.17) is 16.1 Å². The lowest BCUT2D eigenvalue weighted by Gasteiger charge is -2.19. The molecule has 3 heterocycles. The summed E-state index contributed by atoms with van der Waals surface area (Å²) in [6.45, 7) is 1.70. The van der Waals surface area contributed by atoms with E-state index in [1.165, 1.54) is 11.3 Å². The number of halogens is 1. The fraction of sp³-hybridized carbons (Fsp3) is 0.192. The number of aryl methyl sites for hydroxylation is 1. The third-order valence-electron chi connectivity index (χ3n) is 6.52. The minimum atomic E-state index is -0.752. The van der Waals surface area contributed by atoms with Gasteiger partial charge in [0, 0.05) is 22.4 Å². The molecule has 2 N–H and O–H groups in total. The van der Waals surface area contributed by atoms with E-state index in [9.17, 15) is 14.7 Å². The summed E-state index contributed by atoms with van der Waals surface area (Å²) in [6, 6.07) is 14.2. The molecular formula is C26H20ClN3O4S. The van der Waals surface area contributed by atoms with Crippen molar-refractivity contribution >= 4 is 50.7 Å². The molecule has 0 bridgehead atoms. The van der Waals surface area contributed by atoms with Gasteiger partial charge in [0.15, 0.2) is 0 Å². The Balaban J connectivity index is 1.48. The first kappa shape index (κ1) is 22.0. The first-order valence-corrected chi connectivity index (χ1v) is 12.4. The molecule has 1 aliphatic carbocycles. The lowest BCUT2D eigenvalue weighted by molar-refractivity contribution is -0.121. The van der Waals surface area contributed by atoms with Crippen LogP contribution in [0, 0.1) is 6.92 Å². The number of aromatic nitrogens is 2. The summed E-state index contributed by atoms with van der Waals surface area (Å²) < 4.78 is 6.93. The molecule has 0 spiro atoms. The number of thiophene rings is 1. The third kappa shape index (κ3) is 3.56. The number of rotatable bonds is 4. The van der Waals surface area contributed by atoms with Crippen molar-refractivity contribution in [3.8, 4) is 5.69 Å². The van der Waals surface area contributed by atoms with Crippen LogP contribution >= 0.6 is 22.9 Å². The molecule has 6 rings (SSSR count). The molecule has 7 nitrogen and oxygen atoms in total. The maximum atomic E-state index is 13.6. The second-order valence-corrected chi connectivity index (χ2v) is 10.1. The number of fused-ring (bicyclic) bond motifs is 4. The summed E-state index contributed by atoms with van der Waals surface area (Å²) in [5, 5.41) is 21.2. The van der Waals surface area contributed by atoms with E-state index < -0.39 is 12.1 Å². The molecule has 2 unspecified atom stereocenters. The van der Waals surface area contributed by atoms with Crippen LogP contribution < -0.4 is 10.9 Å². The van der Waals surface area contributed by atoms with Gasteiger partial charge in [-0.25, -0.2) is 0 Å². The monoisotopic (exact) mass is 505 g/mol. The van der Waals surface area contributed by atoms with Crippen molar-refractivity contribution in [2.24, 2.45) is 0 Å². The SMILES string of the molecule is Cc1onc2c1c(=O)n(-c1ccc3c(c1)C(NC(=O)Cc1cccs1)C(O)C3)c1cccc(Cl)c21. The Kier molecular flexibility index (Phi) is 5.25. The molecule has 0 saturated carbocycles. The number of benzene rings is 2. The number of aliphatic hydroxyl groups is 1. The fourth-order valence-electron chi connectivity index (χ4n) is 4.92. The van der Waals surface area contributed by atoms with Crippen LogP contribution in [0.1, 0.15) is 27.8 Å². The van der Waals surface area contributed by atoms with Crippen LogP contribution in [0.5, 0.6) is 0 Å².